The second-order valence-electron chi connectivity index (χ2n) is 5.63. The van der Waals surface area contributed by atoms with Gasteiger partial charge in [0.15, 0.2) is 5.69 Å². The molecule has 0 spiro atoms. The predicted molar refractivity (Wildman–Crippen MR) is 81.1 cm³/mol. The van der Waals surface area contributed by atoms with Crippen LogP contribution in [-0.2, 0) is 4.79 Å². The second kappa shape index (κ2) is 7.93. The molecule has 4 N–H and O–H groups in total. The van der Waals surface area contributed by atoms with E-state index in [-0.39, 0.29) is 17.6 Å². The summed E-state index contributed by atoms with van der Waals surface area (Å²) in [5.41, 5.74) is 6.14. The molecule has 7 nitrogen and oxygen atoms in total. The van der Waals surface area contributed by atoms with Crippen LogP contribution in [0.2, 0.25) is 0 Å². The zero-order chi connectivity index (χ0) is 15.9. The van der Waals surface area contributed by atoms with Crippen molar-refractivity contribution in [3.63, 3.8) is 0 Å². The Labute approximate surface area is 130 Å². The molecule has 1 saturated heterocycles. The van der Waals surface area contributed by atoms with Crippen molar-refractivity contribution in [2.45, 2.75) is 57.5 Å². The van der Waals surface area contributed by atoms with Gasteiger partial charge in [0.1, 0.15) is 12.3 Å². The third kappa shape index (κ3) is 4.30. The fraction of sp³-hybridized carbons (Fsp3) is 0.667. The standard InChI is InChI=1S/C15H24N4O3/c1-2-3-6-10(16)15-19-12(9-22-15)14(21)18-11-7-4-5-8-17-13(11)20/h9-11H,2-8,16H2,1H3,(H,17,20)(H,18,21). The maximum absolute atomic E-state index is 12.2. The van der Waals surface area contributed by atoms with E-state index in [1.165, 1.54) is 6.26 Å². The maximum Gasteiger partial charge on any atom is 0.273 e. The SMILES string of the molecule is CCCCC(N)c1nc(C(=O)NC2CCCCNC2=O)co1. The number of carbonyl (C=O) groups excluding carboxylic acids is 2. The largest absolute Gasteiger partial charge is 0.446 e. The molecule has 122 valence electrons. The Morgan fingerprint density at radius 1 is 1.59 bits per heavy atom. The van der Waals surface area contributed by atoms with Gasteiger partial charge in [-0.05, 0) is 25.7 Å². The number of hydrogen-bond donors (Lipinski definition) is 3. The summed E-state index contributed by atoms with van der Waals surface area (Å²) in [7, 11) is 0. The van der Waals surface area contributed by atoms with E-state index in [0.29, 0.717) is 18.9 Å². The molecule has 2 unspecified atom stereocenters. The second-order valence-corrected chi connectivity index (χ2v) is 5.63. The van der Waals surface area contributed by atoms with Gasteiger partial charge in [0.2, 0.25) is 11.8 Å². The van der Waals surface area contributed by atoms with Crippen LogP contribution in [0.25, 0.3) is 0 Å². The van der Waals surface area contributed by atoms with Crippen molar-refractivity contribution in [3.05, 3.63) is 17.8 Å². The molecule has 0 aromatic carbocycles. The van der Waals surface area contributed by atoms with Crippen LogP contribution in [0.1, 0.15) is 67.9 Å². The van der Waals surface area contributed by atoms with Crippen LogP contribution < -0.4 is 16.4 Å². The highest BCUT2D eigenvalue weighted by molar-refractivity contribution is 5.95. The topological polar surface area (TPSA) is 110 Å². The van der Waals surface area contributed by atoms with E-state index in [1.807, 2.05) is 0 Å². The fourth-order valence-electron chi connectivity index (χ4n) is 2.42. The first kappa shape index (κ1) is 16.5. The molecule has 2 amide bonds. The van der Waals surface area contributed by atoms with Crippen molar-refractivity contribution in [1.82, 2.24) is 15.6 Å². The van der Waals surface area contributed by atoms with Gasteiger partial charge in [-0.2, -0.15) is 0 Å². The smallest absolute Gasteiger partial charge is 0.273 e. The molecule has 1 aromatic heterocycles. The minimum absolute atomic E-state index is 0.144. The normalized spacial score (nSPS) is 20.1. The highest BCUT2D eigenvalue weighted by atomic mass is 16.3. The van der Waals surface area contributed by atoms with Gasteiger partial charge in [0.25, 0.3) is 5.91 Å². The number of nitrogens with zero attached hydrogens (tertiary/aromatic N) is 1. The zero-order valence-electron chi connectivity index (χ0n) is 12.9. The molecule has 1 fully saturated rings. The van der Waals surface area contributed by atoms with Gasteiger partial charge in [-0.25, -0.2) is 4.98 Å². The Balaban J connectivity index is 1.95. The quantitative estimate of drug-likeness (QED) is 0.733. The third-order valence-corrected chi connectivity index (χ3v) is 3.78. The van der Waals surface area contributed by atoms with Crippen LogP contribution in [0.5, 0.6) is 0 Å². The number of unbranched alkanes of at least 4 members (excludes halogenated alkanes) is 1. The lowest BCUT2D eigenvalue weighted by Crippen LogP contribution is -2.45. The number of rotatable bonds is 6. The van der Waals surface area contributed by atoms with E-state index in [0.717, 1.165) is 32.1 Å². The summed E-state index contributed by atoms with van der Waals surface area (Å²) in [5.74, 6) is -0.183. The lowest BCUT2D eigenvalue weighted by atomic mass is 10.1. The summed E-state index contributed by atoms with van der Waals surface area (Å²) >= 11 is 0. The van der Waals surface area contributed by atoms with Gasteiger partial charge >= 0.3 is 0 Å². The molecular formula is C15H24N4O3. The van der Waals surface area contributed by atoms with Crippen molar-refractivity contribution in [2.75, 3.05) is 6.54 Å². The maximum atomic E-state index is 12.2. The molecule has 0 aliphatic carbocycles. The van der Waals surface area contributed by atoms with Crippen molar-refractivity contribution in [1.29, 1.82) is 0 Å². The number of amides is 2. The van der Waals surface area contributed by atoms with Crippen LogP contribution in [0, 0.1) is 0 Å². The van der Waals surface area contributed by atoms with Gasteiger partial charge in [0.05, 0.1) is 6.04 Å². The fourth-order valence-corrected chi connectivity index (χ4v) is 2.42. The summed E-state index contributed by atoms with van der Waals surface area (Å²) in [6, 6.07) is -0.813. The number of hydrogen-bond acceptors (Lipinski definition) is 5. The van der Waals surface area contributed by atoms with Crippen molar-refractivity contribution >= 4 is 11.8 Å². The molecule has 1 aliphatic rings. The van der Waals surface area contributed by atoms with Gasteiger partial charge in [-0.15, -0.1) is 0 Å². The van der Waals surface area contributed by atoms with E-state index in [9.17, 15) is 9.59 Å². The molecule has 2 atom stereocenters. The molecule has 2 rings (SSSR count). The van der Waals surface area contributed by atoms with E-state index >= 15 is 0 Å². The van der Waals surface area contributed by atoms with Gasteiger partial charge in [-0.1, -0.05) is 19.8 Å². The molecule has 0 bridgehead atoms. The Bertz CT molecular complexity index is 515. The lowest BCUT2D eigenvalue weighted by Gasteiger charge is -2.13. The number of aromatic nitrogens is 1. The minimum atomic E-state index is -0.510. The highest BCUT2D eigenvalue weighted by Crippen LogP contribution is 2.16. The van der Waals surface area contributed by atoms with Gasteiger partial charge in [-0.3, -0.25) is 9.59 Å². The average molecular weight is 308 g/mol. The van der Waals surface area contributed by atoms with Crippen molar-refractivity contribution in [2.24, 2.45) is 5.73 Å². The van der Waals surface area contributed by atoms with Crippen LogP contribution in [0.15, 0.2) is 10.7 Å². The Kier molecular flexibility index (Phi) is 5.94. The van der Waals surface area contributed by atoms with Crippen molar-refractivity contribution in [3.8, 4) is 0 Å². The van der Waals surface area contributed by atoms with Crippen LogP contribution in [-0.4, -0.2) is 29.4 Å². The van der Waals surface area contributed by atoms with E-state index < -0.39 is 11.9 Å². The van der Waals surface area contributed by atoms with Crippen LogP contribution in [0.4, 0.5) is 0 Å². The number of nitrogens with two attached hydrogens (primary N) is 1. The van der Waals surface area contributed by atoms with E-state index in [4.69, 9.17) is 10.2 Å². The van der Waals surface area contributed by atoms with Crippen LogP contribution >= 0.6 is 0 Å². The first-order valence-electron chi connectivity index (χ1n) is 7.91. The predicted octanol–water partition coefficient (Wildman–Crippen LogP) is 1.26. The summed E-state index contributed by atoms with van der Waals surface area (Å²) in [6.45, 7) is 2.74. The molecule has 0 saturated carbocycles. The summed E-state index contributed by atoms with van der Waals surface area (Å²) in [4.78, 5) is 28.1. The number of carbonyl (C=O) groups is 2. The number of oxazole rings is 1. The molecule has 1 aliphatic heterocycles. The molecule has 2 heterocycles. The molecule has 7 heteroatoms. The third-order valence-electron chi connectivity index (χ3n) is 3.78. The van der Waals surface area contributed by atoms with Gasteiger partial charge in [0, 0.05) is 6.54 Å². The Hall–Kier alpha value is -1.89. The zero-order valence-corrected chi connectivity index (χ0v) is 12.9. The summed E-state index contributed by atoms with van der Waals surface area (Å²) in [5, 5.41) is 5.49. The van der Waals surface area contributed by atoms with E-state index in [2.05, 4.69) is 22.5 Å². The monoisotopic (exact) mass is 308 g/mol. The molecule has 1 aromatic rings. The average Bonchev–Trinajstić information content (AvgIpc) is 2.92. The Morgan fingerprint density at radius 3 is 3.18 bits per heavy atom. The van der Waals surface area contributed by atoms with E-state index in [1.54, 1.807) is 0 Å². The summed E-state index contributed by atoms with van der Waals surface area (Å²) in [6.07, 6.45) is 6.55. The Morgan fingerprint density at radius 2 is 2.41 bits per heavy atom. The van der Waals surface area contributed by atoms with Crippen molar-refractivity contribution < 1.29 is 14.0 Å². The summed E-state index contributed by atoms with van der Waals surface area (Å²) < 4.78 is 5.29. The lowest BCUT2D eigenvalue weighted by molar-refractivity contribution is -0.122. The van der Waals surface area contributed by atoms with Gasteiger partial charge < -0.3 is 20.8 Å². The molecule has 22 heavy (non-hydrogen) atoms. The molecule has 0 radical (unpaired) electrons. The first-order chi connectivity index (χ1) is 10.6. The highest BCUT2D eigenvalue weighted by Gasteiger charge is 2.24. The first-order valence-corrected chi connectivity index (χ1v) is 7.91. The van der Waals surface area contributed by atoms with Crippen LogP contribution in [0.3, 0.4) is 0 Å². The minimum Gasteiger partial charge on any atom is -0.446 e. The molecular weight excluding hydrogens is 284 g/mol. The number of nitrogens with one attached hydrogen (secondary N) is 2.